The molecule has 0 spiro atoms. The summed E-state index contributed by atoms with van der Waals surface area (Å²) in [4.78, 5) is 2.57. The molecule has 0 amide bonds. The van der Waals surface area contributed by atoms with E-state index >= 15 is 0 Å². The molecule has 1 aliphatic heterocycles. The summed E-state index contributed by atoms with van der Waals surface area (Å²) in [6, 6.07) is 11.8. The minimum absolute atomic E-state index is 0.431. The molecule has 1 aliphatic rings. The minimum atomic E-state index is 0.431. The van der Waals surface area contributed by atoms with Gasteiger partial charge in [-0.25, -0.2) is 0 Å². The summed E-state index contributed by atoms with van der Waals surface area (Å²) in [5, 5.41) is 0. The van der Waals surface area contributed by atoms with Gasteiger partial charge in [0.25, 0.3) is 0 Å². The molecule has 2 heteroatoms. The first kappa shape index (κ1) is 11.6. The molecule has 1 heterocycles. The third-order valence-electron chi connectivity index (χ3n) is 3.57. The van der Waals surface area contributed by atoms with Crippen LogP contribution in [0.2, 0.25) is 0 Å². The monoisotopic (exact) mass is 218 g/mol. The van der Waals surface area contributed by atoms with Crippen LogP contribution in [0.25, 0.3) is 0 Å². The summed E-state index contributed by atoms with van der Waals surface area (Å²) in [6.07, 6.45) is 3.45. The molecule has 1 aromatic carbocycles. The van der Waals surface area contributed by atoms with E-state index in [0.29, 0.717) is 12.1 Å². The molecule has 1 atom stereocenters. The Morgan fingerprint density at radius 3 is 2.50 bits per heavy atom. The predicted molar refractivity (Wildman–Crippen MR) is 68.4 cm³/mol. The lowest BCUT2D eigenvalue weighted by Crippen LogP contribution is -2.44. The van der Waals surface area contributed by atoms with Crippen LogP contribution in [0.3, 0.4) is 0 Å². The topological polar surface area (TPSA) is 29.3 Å². The normalized spacial score (nSPS) is 20.9. The quantitative estimate of drug-likeness (QED) is 0.841. The highest BCUT2D eigenvalue weighted by molar-refractivity contribution is 5.15. The van der Waals surface area contributed by atoms with E-state index in [9.17, 15) is 0 Å². The van der Waals surface area contributed by atoms with Crippen LogP contribution < -0.4 is 5.73 Å². The second kappa shape index (κ2) is 5.46. The first-order valence-corrected chi connectivity index (χ1v) is 6.29. The Labute approximate surface area is 98.4 Å². The Balaban J connectivity index is 1.86. The van der Waals surface area contributed by atoms with Crippen LogP contribution in [0, 0.1) is 0 Å². The van der Waals surface area contributed by atoms with Crippen LogP contribution in [0.1, 0.15) is 25.3 Å². The molecule has 16 heavy (non-hydrogen) atoms. The van der Waals surface area contributed by atoms with Crippen LogP contribution in [0.15, 0.2) is 30.3 Å². The fraction of sp³-hybridized carbons (Fsp3) is 0.571. The van der Waals surface area contributed by atoms with Crippen molar-refractivity contribution in [1.29, 1.82) is 0 Å². The maximum atomic E-state index is 5.92. The number of nitrogens with zero attached hydrogens (tertiary/aromatic N) is 1. The van der Waals surface area contributed by atoms with Crippen molar-refractivity contribution in [2.75, 3.05) is 13.1 Å². The molecule has 1 unspecified atom stereocenters. The lowest BCUT2D eigenvalue weighted by molar-refractivity contribution is 0.162. The first-order valence-electron chi connectivity index (χ1n) is 6.29. The fourth-order valence-electron chi connectivity index (χ4n) is 2.44. The van der Waals surface area contributed by atoms with Gasteiger partial charge in [0.05, 0.1) is 0 Å². The van der Waals surface area contributed by atoms with Crippen LogP contribution in [0.5, 0.6) is 0 Å². The van der Waals surface area contributed by atoms with Gasteiger partial charge in [0, 0.05) is 12.1 Å². The highest BCUT2D eigenvalue weighted by atomic mass is 15.2. The highest BCUT2D eigenvalue weighted by Crippen LogP contribution is 2.14. The molecular formula is C14H22N2. The maximum Gasteiger partial charge on any atom is 0.0107 e. The van der Waals surface area contributed by atoms with Gasteiger partial charge in [-0.15, -0.1) is 0 Å². The van der Waals surface area contributed by atoms with Gasteiger partial charge in [-0.3, -0.25) is 0 Å². The molecule has 1 saturated heterocycles. The van der Waals surface area contributed by atoms with E-state index in [1.807, 2.05) is 0 Å². The van der Waals surface area contributed by atoms with Crippen molar-refractivity contribution in [3.05, 3.63) is 35.9 Å². The van der Waals surface area contributed by atoms with E-state index in [0.717, 1.165) is 32.4 Å². The van der Waals surface area contributed by atoms with Crippen molar-refractivity contribution in [2.24, 2.45) is 5.73 Å². The highest BCUT2D eigenvalue weighted by Gasteiger charge is 2.20. The molecule has 0 aliphatic carbocycles. The fourth-order valence-corrected chi connectivity index (χ4v) is 2.44. The van der Waals surface area contributed by atoms with E-state index in [-0.39, 0.29) is 0 Å². The van der Waals surface area contributed by atoms with Gasteiger partial charge in [-0.1, -0.05) is 30.3 Å². The Bertz CT molecular complexity index is 302. The van der Waals surface area contributed by atoms with Crippen LogP contribution in [0.4, 0.5) is 0 Å². The summed E-state index contributed by atoms with van der Waals surface area (Å²) >= 11 is 0. The van der Waals surface area contributed by atoms with Crippen molar-refractivity contribution in [3.63, 3.8) is 0 Å². The summed E-state index contributed by atoms with van der Waals surface area (Å²) < 4.78 is 0. The molecule has 0 aromatic heterocycles. The van der Waals surface area contributed by atoms with Gasteiger partial charge in [0.1, 0.15) is 0 Å². The number of hydrogen-bond acceptors (Lipinski definition) is 2. The third-order valence-corrected chi connectivity index (χ3v) is 3.57. The van der Waals surface area contributed by atoms with Crippen molar-refractivity contribution in [2.45, 2.75) is 38.3 Å². The van der Waals surface area contributed by atoms with Crippen molar-refractivity contribution >= 4 is 0 Å². The minimum Gasteiger partial charge on any atom is -0.328 e. The van der Waals surface area contributed by atoms with Crippen LogP contribution >= 0.6 is 0 Å². The number of benzene rings is 1. The van der Waals surface area contributed by atoms with Gasteiger partial charge < -0.3 is 10.6 Å². The summed E-state index contributed by atoms with van der Waals surface area (Å²) in [7, 11) is 0. The molecule has 1 aromatic rings. The lowest BCUT2D eigenvalue weighted by atomic mass is 10.0. The number of hydrogen-bond donors (Lipinski definition) is 1. The molecule has 2 N–H and O–H groups in total. The third kappa shape index (κ3) is 3.06. The maximum absolute atomic E-state index is 5.92. The predicted octanol–water partition coefficient (Wildman–Crippen LogP) is 2.04. The molecule has 2 rings (SSSR count). The van der Waals surface area contributed by atoms with Gasteiger partial charge in [-0.2, -0.15) is 0 Å². The van der Waals surface area contributed by atoms with Crippen LogP contribution in [-0.4, -0.2) is 30.1 Å². The number of piperidine rings is 1. The van der Waals surface area contributed by atoms with Crippen LogP contribution in [-0.2, 0) is 6.42 Å². The van der Waals surface area contributed by atoms with Gasteiger partial charge in [0.2, 0.25) is 0 Å². The van der Waals surface area contributed by atoms with E-state index in [1.54, 1.807) is 0 Å². The number of rotatable bonds is 3. The van der Waals surface area contributed by atoms with E-state index in [2.05, 4.69) is 42.2 Å². The Morgan fingerprint density at radius 1 is 1.25 bits per heavy atom. The molecule has 0 bridgehead atoms. The summed E-state index contributed by atoms with van der Waals surface area (Å²) in [5.74, 6) is 0. The Morgan fingerprint density at radius 2 is 1.88 bits per heavy atom. The largest absolute Gasteiger partial charge is 0.328 e. The molecule has 88 valence electrons. The van der Waals surface area contributed by atoms with Gasteiger partial charge in [-0.05, 0) is 44.8 Å². The number of likely N-dealkylation sites (tertiary alicyclic amines) is 1. The van der Waals surface area contributed by atoms with E-state index in [4.69, 9.17) is 5.73 Å². The average Bonchev–Trinajstić information content (AvgIpc) is 2.31. The van der Waals surface area contributed by atoms with Crippen molar-refractivity contribution in [1.82, 2.24) is 4.90 Å². The molecule has 0 radical (unpaired) electrons. The standard InChI is InChI=1S/C14H22N2/c1-12(11-13-5-3-2-4-6-13)16-9-7-14(15)8-10-16/h2-6,12,14H,7-11,15H2,1H3. The Kier molecular flexibility index (Phi) is 3.97. The van der Waals surface area contributed by atoms with Crippen molar-refractivity contribution < 1.29 is 0 Å². The molecular weight excluding hydrogens is 196 g/mol. The second-order valence-electron chi connectivity index (χ2n) is 4.91. The number of nitrogens with two attached hydrogens (primary N) is 1. The lowest BCUT2D eigenvalue weighted by Gasteiger charge is -2.34. The first-order chi connectivity index (χ1) is 7.75. The Hall–Kier alpha value is -0.860. The zero-order chi connectivity index (χ0) is 11.4. The molecule has 0 saturated carbocycles. The smallest absolute Gasteiger partial charge is 0.0107 e. The zero-order valence-electron chi connectivity index (χ0n) is 10.1. The average molecular weight is 218 g/mol. The van der Waals surface area contributed by atoms with Crippen molar-refractivity contribution in [3.8, 4) is 0 Å². The van der Waals surface area contributed by atoms with E-state index in [1.165, 1.54) is 5.56 Å². The summed E-state index contributed by atoms with van der Waals surface area (Å²) in [5.41, 5.74) is 7.36. The molecule has 2 nitrogen and oxygen atoms in total. The summed E-state index contributed by atoms with van der Waals surface area (Å²) in [6.45, 7) is 4.65. The SMILES string of the molecule is CC(Cc1ccccc1)N1CCC(N)CC1. The van der Waals surface area contributed by atoms with Gasteiger partial charge >= 0.3 is 0 Å². The molecule has 1 fully saturated rings. The van der Waals surface area contributed by atoms with E-state index < -0.39 is 0 Å². The zero-order valence-corrected chi connectivity index (χ0v) is 10.1. The second-order valence-corrected chi connectivity index (χ2v) is 4.91. The van der Waals surface area contributed by atoms with Gasteiger partial charge in [0.15, 0.2) is 0 Å².